The molecule has 0 aliphatic carbocycles. The van der Waals surface area contributed by atoms with Gasteiger partial charge in [-0.05, 0) is 42.5 Å². The molecule has 3 rings (SSSR count). The summed E-state index contributed by atoms with van der Waals surface area (Å²) in [6, 6.07) is 9.63. The highest BCUT2D eigenvalue weighted by Crippen LogP contribution is 2.31. The van der Waals surface area contributed by atoms with Crippen molar-refractivity contribution in [3.8, 4) is 9.88 Å². The Morgan fingerprint density at radius 2 is 1.83 bits per heavy atom. The number of hydrogen-bond donors (Lipinski definition) is 3. The number of anilines is 1. The van der Waals surface area contributed by atoms with Gasteiger partial charge in [-0.3, -0.25) is 9.27 Å². The molecule has 0 saturated carbocycles. The Hall–Kier alpha value is -1.83. The summed E-state index contributed by atoms with van der Waals surface area (Å²) in [4.78, 5) is 5.62. The van der Waals surface area contributed by atoms with Crippen molar-refractivity contribution >= 4 is 48.7 Å². The lowest BCUT2D eigenvalue weighted by atomic mass is 10.0. The molecule has 0 amide bonds. The van der Waals surface area contributed by atoms with E-state index in [0.717, 1.165) is 15.4 Å². The molecule has 2 aromatic heterocycles. The van der Waals surface area contributed by atoms with Gasteiger partial charge in [0, 0.05) is 5.38 Å². The fourth-order valence-corrected chi connectivity index (χ4v) is 5.49. The quantitative estimate of drug-likeness (QED) is 0.410. The SMILES string of the molecule is CCS(=O)(=O)NC(Cc1ccc(NS(=O)(=O)O)cc1)c1csc(-c2cccs2)n1. The summed E-state index contributed by atoms with van der Waals surface area (Å²) in [5.41, 5.74) is 1.60. The zero-order valence-corrected chi connectivity index (χ0v) is 18.5. The lowest BCUT2D eigenvalue weighted by molar-refractivity contribution is 0.489. The maximum Gasteiger partial charge on any atom is 0.357 e. The van der Waals surface area contributed by atoms with E-state index in [0.29, 0.717) is 12.1 Å². The van der Waals surface area contributed by atoms with Gasteiger partial charge in [-0.1, -0.05) is 18.2 Å². The predicted molar refractivity (Wildman–Crippen MR) is 116 cm³/mol. The minimum absolute atomic E-state index is 0.0529. The van der Waals surface area contributed by atoms with E-state index in [9.17, 15) is 16.8 Å². The first-order chi connectivity index (χ1) is 13.6. The van der Waals surface area contributed by atoms with E-state index in [1.54, 1.807) is 30.4 Å². The lowest BCUT2D eigenvalue weighted by Gasteiger charge is -2.17. The van der Waals surface area contributed by atoms with Crippen LogP contribution in [-0.2, 0) is 26.7 Å². The Kier molecular flexibility index (Phi) is 6.71. The van der Waals surface area contributed by atoms with Crippen LogP contribution in [0, 0.1) is 0 Å². The molecule has 2 heterocycles. The largest absolute Gasteiger partial charge is 0.357 e. The number of hydrogen-bond acceptors (Lipinski definition) is 7. The van der Waals surface area contributed by atoms with E-state index >= 15 is 0 Å². The van der Waals surface area contributed by atoms with E-state index < -0.39 is 26.4 Å². The predicted octanol–water partition coefficient (Wildman–Crippen LogP) is 3.31. The summed E-state index contributed by atoms with van der Waals surface area (Å²) in [5, 5.41) is 4.62. The topological polar surface area (TPSA) is 125 Å². The van der Waals surface area contributed by atoms with Crippen LogP contribution in [0.15, 0.2) is 47.2 Å². The Labute approximate surface area is 177 Å². The van der Waals surface area contributed by atoms with Crippen LogP contribution in [0.25, 0.3) is 9.88 Å². The van der Waals surface area contributed by atoms with Crippen LogP contribution in [-0.4, -0.2) is 32.1 Å². The van der Waals surface area contributed by atoms with Gasteiger partial charge in [0.15, 0.2) is 0 Å². The van der Waals surface area contributed by atoms with Gasteiger partial charge < -0.3 is 0 Å². The first kappa shape index (κ1) is 21.9. The van der Waals surface area contributed by atoms with Crippen molar-refractivity contribution in [3.05, 3.63) is 58.4 Å². The van der Waals surface area contributed by atoms with E-state index in [1.165, 1.54) is 23.5 Å². The molecule has 1 atom stereocenters. The number of thiazole rings is 1. The smallest absolute Gasteiger partial charge is 0.269 e. The molecular weight excluding hydrogens is 454 g/mol. The van der Waals surface area contributed by atoms with Crippen LogP contribution in [0.2, 0.25) is 0 Å². The molecule has 8 nitrogen and oxygen atoms in total. The Morgan fingerprint density at radius 1 is 1.10 bits per heavy atom. The summed E-state index contributed by atoms with van der Waals surface area (Å²) in [7, 11) is -7.82. The van der Waals surface area contributed by atoms with Crippen LogP contribution >= 0.6 is 22.7 Å². The molecule has 156 valence electrons. The number of aromatic nitrogens is 1. The van der Waals surface area contributed by atoms with Crippen LogP contribution in [0.3, 0.4) is 0 Å². The highest BCUT2D eigenvalue weighted by Gasteiger charge is 2.22. The number of nitrogens with zero attached hydrogens (tertiary/aromatic N) is 1. The van der Waals surface area contributed by atoms with Crippen molar-refractivity contribution < 1.29 is 21.4 Å². The summed E-state index contributed by atoms with van der Waals surface area (Å²) in [6.07, 6.45) is 0.332. The second-order valence-corrected chi connectivity index (χ2v) is 11.1. The third-order valence-electron chi connectivity index (χ3n) is 3.95. The second kappa shape index (κ2) is 8.90. The molecule has 0 bridgehead atoms. The summed E-state index contributed by atoms with van der Waals surface area (Å²) in [6.45, 7) is 1.56. The van der Waals surface area contributed by atoms with Crippen LogP contribution in [0.1, 0.15) is 24.2 Å². The number of thiophene rings is 1. The number of nitrogens with one attached hydrogen (secondary N) is 2. The average molecular weight is 474 g/mol. The maximum atomic E-state index is 12.2. The molecule has 0 saturated heterocycles. The first-order valence-electron chi connectivity index (χ1n) is 8.48. The van der Waals surface area contributed by atoms with Gasteiger partial charge >= 0.3 is 10.3 Å². The Morgan fingerprint density at radius 3 is 2.41 bits per heavy atom. The molecule has 0 aliphatic heterocycles. The second-order valence-electron chi connectivity index (χ2n) is 6.11. The molecule has 0 spiro atoms. The maximum absolute atomic E-state index is 12.2. The Bertz CT molecular complexity index is 1150. The summed E-state index contributed by atoms with van der Waals surface area (Å²) < 4.78 is 59.7. The minimum Gasteiger partial charge on any atom is -0.269 e. The molecule has 3 aromatic rings. The van der Waals surface area contributed by atoms with Gasteiger partial charge in [0.25, 0.3) is 0 Å². The van der Waals surface area contributed by atoms with Crippen LogP contribution < -0.4 is 9.44 Å². The molecule has 0 fully saturated rings. The molecule has 1 aromatic carbocycles. The van der Waals surface area contributed by atoms with Gasteiger partial charge in [0.1, 0.15) is 5.01 Å². The zero-order chi connectivity index (χ0) is 21.1. The molecule has 1 unspecified atom stereocenters. The van der Waals surface area contributed by atoms with Crippen molar-refractivity contribution in [1.82, 2.24) is 9.71 Å². The summed E-state index contributed by atoms with van der Waals surface area (Å²) >= 11 is 3.01. The molecule has 12 heteroatoms. The Balaban J connectivity index is 1.84. The van der Waals surface area contributed by atoms with E-state index in [4.69, 9.17) is 4.55 Å². The molecule has 3 N–H and O–H groups in total. The average Bonchev–Trinajstić information content (AvgIpc) is 3.33. The van der Waals surface area contributed by atoms with Gasteiger partial charge in [0.2, 0.25) is 10.0 Å². The monoisotopic (exact) mass is 473 g/mol. The standard InChI is InChI=1S/C17H19N3O5S4/c1-2-28(21,22)20-14(15-11-27-17(18-15)16-4-3-9-26-16)10-12-5-7-13(8-6-12)19-29(23,24)25/h3-9,11,14,19-20H,2,10H2,1H3,(H,23,24,25). The number of benzene rings is 1. The van der Waals surface area contributed by atoms with Crippen molar-refractivity contribution in [3.63, 3.8) is 0 Å². The van der Waals surface area contributed by atoms with Crippen LogP contribution in [0.5, 0.6) is 0 Å². The van der Waals surface area contributed by atoms with Gasteiger partial charge in [-0.2, -0.15) is 8.42 Å². The van der Waals surface area contributed by atoms with Gasteiger partial charge in [0.05, 0.1) is 28.1 Å². The fraction of sp³-hybridized carbons (Fsp3) is 0.235. The molecule has 29 heavy (non-hydrogen) atoms. The van der Waals surface area contributed by atoms with E-state index in [2.05, 4.69) is 9.71 Å². The number of sulfonamides is 1. The van der Waals surface area contributed by atoms with Crippen molar-refractivity contribution in [2.45, 2.75) is 19.4 Å². The summed E-state index contributed by atoms with van der Waals surface area (Å²) in [5.74, 6) is -0.0529. The zero-order valence-electron chi connectivity index (χ0n) is 15.3. The third kappa shape index (κ3) is 6.32. The van der Waals surface area contributed by atoms with Crippen molar-refractivity contribution in [2.75, 3.05) is 10.5 Å². The van der Waals surface area contributed by atoms with Crippen molar-refractivity contribution in [2.24, 2.45) is 0 Å². The highest BCUT2D eigenvalue weighted by atomic mass is 32.2. The van der Waals surface area contributed by atoms with E-state index in [-0.39, 0.29) is 11.4 Å². The normalized spacial score (nSPS) is 13.3. The van der Waals surface area contributed by atoms with Crippen LogP contribution in [0.4, 0.5) is 5.69 Å². The molecule has 0 radical (unpaired) electrons. The minimum atomic E-state index is -4.35. The molecule has 0 aliphatic rings. The highest BCUT2D eigenvalue weighted by molar-refractivity contribution is 7.89. The molecular formula is C17H19N3O5S4. The lowest BCUT2D eigenvalue weighted by Crippen LogP contribution is -2.31. The van der Waals surface area contributed by atoms with E-state index in [1.807, 2.05) is 27.6 Å². The van der Waals surface area contributed by atoms with Crippen molar-refractivity contribution in [1.29, 1.82) is 0 Å². The first-order valence-corrected chi connectivity index (χ1v) is 13.3. The number of rotatable bonds is 9. The van der Waals surface area contributed by atoms with Gasteiger partial charge in [-0.25, -0.2) is 18.1 Å². The van der Waals surface area contributed by atoms with Gasteiger partial charge in [-0.15, -0.1) is 22.7 Å². The third-order valence-corrected chi connectivity index (χ3v) is 7.75. The fourth-order valence-electron chi connectivity index (χ4n) is 2.56.